The highest BCUT2D eigenvalue weighted by Gasteiger charge is 2.46. The minimum Gasteiger partial charge on any atom is -0.0654 e. The lowest BCUT2D eigenvalue weighted by Gasteiger charge is -2.20. The lowest BCUT2D eigenvalue weighted by atomic mass is 9.85. The van der Waals surface area contributed by atoms with Crippen molar-refractivity contribution in [1.82, 2.24) is 0 Å². The van der Waals surface area contributed by atoms with Crippen molar-refractivity contribution in [3.05, 3.63) is 0 Å². The average molecular weight is 238 g/mol. The highest BCUT2D eigenvalue weighted by Crippen LogP contribution is 2.56. The molecule has 1 fully saturated rings. The molecule has 0 aliphatic heterocycles. The van der Waals surface area contributed by atoms with E-state index in [1.165, 1.54) is 64.2 Å². The number of hydrogen-bond acceptors (Lipinski definition) is 0. The van der Waals surface area contributed by atoms with E-state index in [1.54, 1.807) is 0 Å². The molecule has 0 aromatic heterocycles. The fourth-order valence-electron chi connectivity index (χ4n) is 3.38. The number of hydrogen-bond donors (Lipinski definition) is 0. The second-order valence-electron chi connectivity index (χ2n) is 6.82. The van der Waals surface area contributed by atoms with Crippen molar-refractivity contribution in [3.63, 3.8) is 0 Å². The van der Waals surface area contributed by atoms with Crippen LogP contribution < -0.4 is 0 Å². The molecule has 0 spiro atoms. The van der Waals surface area contributed by atoms with Gasteiger partial charge in [-0.2, -0.15) is 0 Å². The predicted molar refractivity (Wildman–Crippen MR) is 78.3 cm³/mol. The average Bonchev–Trinajstić information content (AvgIpc) is 2.86. The summed E-state index contributed by atoms with van der Waals surface area (Å²) < 4.78 is 0. The SMILES string of the molecule is CCCCCCCC(CCC)CC1(C)CC1C. The molecular formula is C17H34. The van der Waals surface area contributed by atoms with Crippen LogP contribution in [0.2, 0.25) is 0 Å². The van der Waals surface area contributed by atoms with Gasteiger partial charge in [0.05, 0.1) is 0 Å². The first-order valence-electron chi connectivity index (χ1n) is 8.12. The van der Waals surface area contributed by atoms with Crippen molar-refractivity contribution in [2.75, 3.05) is 0 Å². The van der Waals surface area contributed by atoms with Crippen molar-refractivity contribution in [3.8, 4) is 0 Å². The molecule has 0 N–H and O–H groups in total. The van der Waals surface area contributed by atoms with Gasteiger partial charge < -0.3 is 0 Å². The molecule has 0 saturated heterocycles. The molecular weight excluding hydrogens is 204 g/mol. The van der Waals surface area contributed by atoms with Crippen LogP contribution in [0.3, 0.4) is 0 Å². The Morgan fingerprint density at radius 1 is 1.00 bits per heavy atom. The summed E-state index contributed by atoms with van der Waals surface area (Å²) in [6, 6.07) is 0. The van der Waals surface area contributed by atoms with Gasteiger partial charge in [-0.05, 0) is 30.1 Å². The minimum atomic E-state index is 0.725. The van der Waals surface area contributed by atoms with Gasteiger partial charge in [0.15, 0.2) is 0 Å². The molecule has 0 amide bonds. The summed E-state index contributed by atoms with van der Waals surface area (Å²) in [6.07, 6.45) is 14.6. The van der Waals surface area contributed by atoms with Crippen LogP contribution in [0, 0.1) is 17.3 Å². The van der Waals surface area contributed by atoms with Crippen molar-refractivity contribution in [1.29, 1.82) is 0 Å². The molecule has 0 aromatic carbocycles. The van der Waals surface area contributed by atoms with Crippen LogP contribution in [0.1, 0.15) is 91.9 Å². The first kappa shape index (κ1) is 15.1. The van der Waals surface area contributed by atoms with Crippen LogP contribution in [-0.2, 0) is 0 Å². The fourth-order valence-corrected chi connectivity index (χ4v) is 3.38. The third kappa shape index (κ3) is 5.44. The molecule has 102 valence electrons. The molecule has 3 unspecified atom stereocenters. The van der Waals surface area contributed by atoms with Crippen molar-refractivity contribution in [2.45, 2.75) is 91.9 Å². The zero-order valence-electron chi connectivity index (χ0n) is 12.7. The van der Waals surface area contributed by atoms with Crippen molar-refractivity contribution in [2.24, 2.45) is 17.3 Å². The van der Waals surface area contributed by atoms with E-state index >= 15 is 0 Å². The van der Waals surface area contributed by atoms with Crippen LogP contribution >= 0.6 is 0 Å². The number of rotatable bonds is 10. The summed E-state index contributed by atoms with van der Waals surface area (Å²) >= 11 is 0. The normalized spacial score (nSPS) is 29.3. The van der Waals surface area contributed by atoms with Crippen LogP contribution in [0.25, 0.3) is 0 Å². The van der Waals surface area contributed by atoms with Crippen LogP contribution in [0.4, 0.5) is 0 Å². The van der Waals surface area contributed by atoms with Gasteiger partial charge in [0.1, 0.15) is 0 Å². The maximum Gasteiger partial charge on any atom is -0.0295 e. The van der Waals surface area contributed by atoms with Crippen LogP contribution in [0.5, 0.6) is 0 Å². The standard InChI is InChI=1S/C17H34/c1-5-7-8-9-10-12-16(11-6-2)14-17(4)13-15(17)3/h15-16H,5-14H2,1-4H3. The Morgan fingerprint density at radius 3 is 2.18 bits per heavy atom. The maximum absolute atomic E-state index is 2.51. The van der Waals surface area contributed by atoms with E-state index < -0.39 is 0 Å². The maximum atomic E-state index is 2.51. The van der Waals surface area contributed by atoms with Gasteiger partial charge >= 0.3 is 0 Å². The van der Waals surface area contributed by atoms with Gasteiger partial charge in [0, 0.05) is 0 Å². The third-order valence-corrected chi connectivity index (χ3v) is 4.97. The molecule has 1 rings (SSSR count). The molecule has 17 heavy (non-hydrogen) atoms. The van der Waals surface area contributed by atoms with E-state index in [2.05, 4.69) is 27.7 Å². The summed E-state index contributed by atoms with van der Waals surface area (Å²) in [5.74, 6) is 2.03. The third-order valence-electron chi connectivity index (χ3n) is 4.97. The summed E-state index contributed by atoms with van der Waals surface area (Å²) in [6.45, 7) is 9.60. The molecule has 0 bridgehead atoms. The van der Waals surface area contributed by atoms with E-state index in [9.17, 15) is 0 Å². The molecule has 1 saturated carbocycles. The first-order chi connectivity index (χ1) is 8.12. The van der Waals surface area contributed by atoms with Crippen molar-refractivity contribution >= 4 is 0 Å². The molecule has 1 aliphatic rings. The Bertz CT molecular complexity index is 196. The molecule has 3 atom stereocenters. The molecule has 0 heteroatoms. The van der Waals surface area contributed by atoms with Crippen LogP contribution in [0.15, 0.2) is 0 Å². The highest BCUT2D eigenvalue weighted by molar-refractivity contribution is 4.96. The Kier molecular flexibility index (Phi) is 6.59. The summed E-state index contributed by atoms with van der Waals surface area (Å²) in [5.41, 5.74) is 0.725. The molecule has 0 aromatic rings. The monoisotopic (exact) mass is 238 g/mol. The Balaban J connectivity index is 2.15. The molecule has 0 radical (unpaired) electrons. The Labute approximate surface area is 110 Å². The van der Waals surface area contributed by atoms with Gasteiger partial charge in [-0.1, -0.05) is 79.1 Å². The Hall–Kier alpha value is 0. The van der Waals surface area contributed by atoms with Gasteiger partial charge in [-0.15, -0.1) is 0 Å². The largest absolute Gasteiger partial charge is 0.0654 e. The van der Waals surface area contributed by atoms with E-state index in [0.717, 1.165) is 17.3 Å². The highest BCUT2D eigenvalue weighted by atomic mass is 14.5. The van der Waals surface area contributed by atoms with E-state index in [-0.39, 0.29) is 0 Å². The van der Waals surface area contributed by atoms with E-state index in [1.807, 2.05) is 0 Å². The first-order valence-corrected chi connectivity index (χ1v) is 8.12. The van der Waals surface area contributed by atoms with Crippen LogP contribution in [-0.4, -0.2) is 0 Å². The second kappa shape index (κ2) is 7.44. The minimum absolute atomic E-state index is 0.725. The second-order valence-corrected chi connectivity index (χ2v) is 6.82. The van der Waals surface area contributed by atoms with Gasteiger partial charge in [-0.3, -0.25) is 0 Å². The van der Waals surface area contributed by atoms with Crippen molar-refractivity contribution < 1.29 is 0 Å². The number of unbranched alkanes of at least 4 members (excludes halogenated alkanes) is 4. The fraction of sp³-hybridized carbons (Fsp3) is 1.00. The summed E-state index contributed by atoms with van der Waals surface area (Å²) in [7, 11) is 0. The lowest BCUT2D eigenvalue weighted by molar-refractivity contribution is 0.310. The summed E-state index contributed by atoms with van der Waals surface area (Å²) in [5, 5.41) is 0. The zero-order chi connectivity index (χ0) is 12.7. The lowest BCUT2D eigenvalue weighted by Crippen LogP contribution is -2.08. The topological polar surface area (TPSA) is 0 Å². The quantitative estimate of drug-likeness (QED) is 0.397. The molecule has 0 nitrogen and oxygen atoms in total. The Morgan fingerprint density at radius 2 is 1.65 bits per heavy atom. The van der Waals surface area contributed by atoms with Gasteiger partial charge in [0.2, 0.25) is 0 Å². The summed E-state index contributed by atoms with van der Waals surface area (Å²) in [4.78, 5) is 0. The smallest absolute Gasteiger partial charge is 0.0295 e. The molecule has 1 aliphatic carbocycles. The zero-order valence-corrected chi connectivity index (χ0v) is 12.7. The van der Waals surface area contributed by atoms with Gasteiger partial charge in [0.25, 0.3) is 0 Å². The van der Waals surface area contributed by atoms with E-state index in [4.69, 9.17) is 0 Å². The predicted octanol–water partition coefficient (Wildman–Crippen LogP) is 6.20. The molecule has 0 heterocycles. The van der Waals surface area contributed by atoms with E-state index in [0.29, 0.717) is 0 Å². The van der Waals surface area contributed by atoms with Gasteiger partial charge in [-0.25, -0.2) is 0 Å².